The van der Waals surface area contributed by atoms with Crippen LogP contribution in [0.3, 0.4) is 0 Å². The van der Waals surface area contributed by atoms with Gasteiger partial charge in [-0.3, -0.25) is 9.59 Å². The van der Waals surface area contributed by atoms with Crippen molar-refractivity contribution in [1.29, 1.82) is 0 Å². The topological polar surface area (TPSA) is 86.7 Å². The maximum atomic E-state index is 11.6. The Morgan fingerprint density at radius 2 is 0.919 bits per heavy atom. The fraction of sp³-hybridized carbons (Fsp3) is 0.133. The second-order valence-electron chi connectivity index (χ2n) is 8.98. The summed E-state index contributed by atoms with van der Waals surface area (Å²) in [6, 6.07) is 27.3. The Labute approximate surface area is 226 Å². The molecule has 37 heavy (non-hydrogen) atoms. The van der Waals surface area contributed by atoms with Gasteiger partial charge in [0.05, 0.1) is 0 Å². The first kappa shape index (κ1) is 26.3. The minimum atomic E-state index is -0.495. The minimum absolute atomic E-state index is 0. The number of hydrogen-bond acceptors (Lipinski definition) is 4. The van der Waals surface area contributed by atoms with Crippen molar-refractivity contribution in [2.45, 2.75) is 26.7 Å². The van der Waals surface area contributed by atoms with Gasteiger partial charge >= 0.3 is 17.1 Å². The van der Waals surface area contributed by atoms with Crippen LogP contribution in [0.15, 0.2) is 84.9 Å². The summed E-state index contributed by atoms with van der Waals surface area (Å²) < 4.78 is 0. The van der Waals surface area contributed by atoms with Crippen LogP contribution in [-0.4, -0.2) is 11.8 Å². The van der Waals surface area contributed by atoms with Gasteiger partial charge in [-0.1, -0.05) is 60.7 Å². The van der Waals surface area contributed by atoms with E-state index in [-0.39, 0.29) is 17.1 Å². The number of anilines is 2. The van der Waals surface area contributed by atoms with E-state index in [9.17, 15) is 20.0 Å². The molecule has 2 amide bonds. The number of hydrogen-bond donors (Lipinski definition) is 0. The van der Waals surface area contributed by atoms with Crippen LogP contribution in [-0.2, 0) is 39.5 Å². The first-order chi connectivity index (χ1) is 17.3. The van der Waals surface area contributed by atoms with Gasteiger partial charge in [-0.05, 0) is 81.6 Å². The molecule has 0 saturated carbocycles. The van der Waals surface area contributed by atoms with Gasteiger partial charge < -0.3 is 20.5 Å². The van der Waals surface area contributed by atoms with E-state index in [1.54, 1.807) is 12.1 Å². The van der Waals surface area contributed by atoms with Gasteiger partial charge in [-0.2, -0.15) is 0 Å². The number of nitrogens with zero attached hydrogens (tertiary/aromatic N) is 2. The van der Waals surface area contributed by atoms with Gasteiger partial charge in [-0.25, -0.2) is 0 Å². The van der Waals surface area contributed by atoms with Crippen LogP contribution < -0.4 is 10.1 Å². The van der Waals surface area contributed by atoms with Crippen molar-refractivity contribution in [1.82, 2.24) is 0 Å². The largest absolute Gasteiger partial charge is 2.00 e. The summed E-state index contributed by atoms with van der Waals surface area (Å²) in [5, 5.41) is 24.0. The zero-order valence-electron chi connectivity index (χ0n) is 20.3. The van der Waals surface area contributed by atoms with Crippen LogP contribution in [0.4, 0.5) is 11.4 Å². The number of hydroxylamine groups is 2. The predicted octanol–water partition coefficient (Wildman–Crippen LogP) is 6.21. The van der Waals surface area contributed by atoms with Crippen LogP contribution in [0.1, 0.15) is 36.1 Å². The van der Waals surface area contributed by atoms with Crippen LogP contribution in [0, 0.1) is 10.4 Å². The molecule has 0 bridgehead atoms. The van der Waals surface area contributed by atoms with Crippen molar-refractivity contribution in [2.24, 2.45) is 0 Å². The first-order valence-electron chi connectivity index (χ1n) is 11.7. The fourth-order valence-electron chi connectivity index (χ4n) is 4.88. The first-order valence-corrected chi connectivity index (χ1v) is 11.7. The van der Waals surface area contributed by atoms with Crippen molar-refractivity contribution in [2.75, 3.05) is 10.1 Å². The summed E-state index contributed by atoms with van der Waals surface area (Å²) in [6.45, 7) is 2.55. The Morgan fingerprint density at radius 3 is 1.30 bits per heavy atom. The molecule has 0 aromatic heterocycles. The summed E-state index contributed by atoms with van der Waals surface area (Å²) in [5.74, 6) is -0.990. The van der Waals surface area contributed by atoms with Gasteiger partial charge in [0.1, 0.15) is 0 Å². The molecule has 2 aliphatic rings. The zero-order chi connectivity index (χ0) is 25.4. The van der Waals surface area contributed by atoms with E-state index in [0.717, 1.165) is 35.1 Å². The molecule has 0 N–H and O–H groups in total. The fourth-order valence-corrected chi connectivity index (χ4v) is 4.88. The number of amides is 2. The molecule has 6 nitrogen and oxygen atoms in total. The van der Waals surface area contributed by atoms with Crippen molar-refractivity contribution in [3.05, 3.63) is 118 Å². The average molecular weight is 540 g/mol. The van der Waals surface area contributed by atoms with E-state index in [4.69, 9.17) is 0 Å². The standard InChI is InChI=1S/2C15H12NO2.Cu/c2*1-10(17)16(18)13-6-7-15-12(9-13)8-11-4-2-3-5-14(11)15;/h2*2-7,9H,8H2,1H3;/q2*-1;+2. The molecule has 4 aromatic rings. The molecule has 6 rings (SSSR count). The summed E-state index contributed by atoms with van der Waals surface area (Å²) in [7, 11) is 0. The molecule has 189 valence electrons. The SMILES string of the molecule is CC(=O)N([O-])c1ccc2c(c1)Cc1ccccc1-2.CC(=O)N([O-])c1ccc2c(c1)Cc1ccccc1-2.[Cu+2]. The third-order valence-electron chi connectivity index (χ3n) is 6.60. The zero-order valence-corrected chi connectivity index (χ0v) is 21.3. The maximum absolute atomic E-state index is 11.6. The molecule has 2 aliphatic carbocycles. The number of rotatable bonds is 2. The summed E-state index contributed by atoms with van der Waals surface area (Å²) >= 11 is 0. The Bertz CT molecular complexity index is 1390. The predicted molar refractivity (Wildman–Crippen MR) is 142 cm³/mol. The average Bonchev–Trinajstić information content (AvgIpc) is 3.45. The molecule has 0 spiro atoms. The number of carbonyl (C=O) groups excluding carboxylic acids is 2. The minimum Gasteiger partial charge on any atom is -0.752 e. The monoisotopic (exact) mass is 539 g/mol. The van der Waals surface area contributed by atoms with Gasteiger partial charge in [0.15, 0.2) is 0 Å². The van der Waals surface area contributed by atoms with Crippen molar-refractivity contribution < 1.29 is 26.7 Å². The number of benzene rings is 4. The summed E-state index contributed by atoms with van der Waals surface area (Å²) in [5.41, 5.74) is 10.3. The summed E-state index contributed by atoms with van der Waals surface area (Å²) in [6.07, 6.45) is 1.65. The van der Waals surface area contributed by atoms with Gasteiger partial charge in [0, 0.05) is 25.2 Å². The molecule has 0 saturated heterocycles. The normalized spacial score (nSPS) is 11.6. The quantitative estimate of drug-likeness (QED) is 0.193. The van der Waals surface area contributed by atoms with Gasteiger partial charge in [0.2, 0.25) is 11.8 Å². The maximum Gasteiger partial charge on any atom is 2.00 e. The van der Waals surface area contributed by atoms with Gasteiger partial charge in [-0.15, -0.1) is 0 Å². The van der Waals surface area contributed by atoms with Crippen molar-refractivity contribution >= 4 is 23.2 Å². The Balaban J connectivity index is 0.000000168. The molecule has 0 unspecified atom stereocenters. The van der Waals surface area contributed by atoms with Crippen LogP contribution in [0.2, 0.25) is 0 Å². The van der Waals surface area contributed by atoms with Crippen LogP contribution in [0.5, 0.6) is 0 Å². The Morgan fingerprint density at radius 1 is 0.568 bits per heavy atom. The van der Waals surface area contributed by atoms with Crippen LogP contribution in [0.25, 0.3) is 22.3 Å². The van der Waals surface area contributed by atoms with E-state index >= 15 is 0 Å². The van der Waals surface area contributed by atoms with E-state index in [1.165, 1.54) is 36.1 Å². The molecule has 0 fully saturated rings. The van der Waals surface area contributed by atoms with E-state index in [0.29, 0.717) is 21.5 Å². The molecule has 0 atom stereocenters. The van der Waals surface area contributed by atoms with Crippen LogP contribution >= 0.6 is 0 Å². The number of fused-ring (bicyclic) bond motifs is 6. The second-order valence-corrected chi connectivity index (χ2v) is 8.98. The molecule has 0 aliphatic heterocycles. The van der Waals surface area contributed by atoms with Crippen molar-refractivity contribution in [3.63, 3.8) is 0 Å². The van der Waals surface area contributed by atoms with E-state index in [2.05, 4.69) is 24.3 Å². The third kappa shape index (κ3) is 5.08. The summed E-state index contributed by atoms with van der Waals surface area (Å²) in [4.78, 5) is 22.2. The van der Waals surface area contributed by atoms with Crippen molar-refractivity contribution in [3.8, 4) is 22.3 Å². The number of carbonyl (C=O) groups is 2. The third-order valence-corrected chi connectivity index (χ3v) is 6.60. The van der Waals surface area contributed by atoms with E-state index < -0.39 is 11.8 Å². The van der Waals surface area contributed by atoms with E-state index in [1.807, 2.05) is 48.5 Å². The Kier molecular flexibility index (Phi) is 7.62. The molecule has 0 heterocycles. The Hall–Kier alpha value is -3.74. The second kappa shape index (κ2) is 10.7. The molecule has 7 heteroatoms. The molecule has 4 aromatic carbocycles. The molecular weight excluding hydrogens is 516 g/mol. The molecular formula is C30H24CuN2O4. The van der Waals surface area contributed by atoms with Gasteiger partial charge in [0.25, 0.3) is 0 Å². The smallest absolute Gasteiger partial charge is 0.752 e. The molecule has 1 radical (unpaired) electrons.